The third-order valence-electron chi connectivity index (χ3n) is 4.51. The van der Waals surface area contributed by atoms with Crippen LogP contribution in [0.15, 0.2) is 63.8 Å². The van der Waals surface area contributed by atoms with E-state index in [0.29, 0.717) is 17.4 Å². The van der Waals surface area contributed by atoms with Gasteiger partial charge in [0.1, 0.15) is 17.9 Å². The second-order valence-electron chi connectivity index (χ2n) is 6.39. The van der Waals surface area contributed by atoms with E-state index in [4.69, 9.17) is 9.15 Å². The Labute approximate surface area is 147 Å². The highest BCUT2D eigenvalue weighted by Crippen LogP contribution is 2.22. The third-order valence-corrected chi connectivity index (χ3v) is 4.51. The van der Waals surface area contributed by atoms with Crippen molar-refractivity contribution in [3.63, 3.8) is 0 Å². The molecule has 130 valence electrons. The molecule has 0 fully saturated rings. The maximum Gasteiger partial charge on any atom is 0.336 e. The molecule has 25 heavy (non-hydrogen) atoms. The summed E-state index contributed by atoms with van der Waals surface area (Å²) < 4.78 is 10.5. The van der Waals surface area contributed by atoms with Gasteiger partial charge >= 0.3 is 5.63 Å². The molecule has 0 amide bonds. The van der Waals surface area contributed by atoms with Crippen molar-refractivity contribution >= 4 is 11.0 Å². The minimum absolute atomic E-state index is 0.318. The minimum Gasteiger partial charge on any atom is -0.497 e. The van der Waals surface area contributed by atoms with Gasteiger partial charge in [0.25, 0.3) is 0 Å². The van der Waals surface area contributed by atoms with Crippen LogP contribution in [0.5, 0.6) is 5.75 Å². The lowest BCUT2D eigenvalue weighted by Crippen LogP contribution is -2.87. The second kappa shape index (κ2) is 7.99. The molecule has 1 aromatic heterocycles. The average Bonchev–Trinajstić information content (AvgIpc) is 2.64. The van der Waals surface area contributed by atoms with Crippen LogP contribution in [0.1, 0.15) is 24.5 Å². The summed E-state index contributed by atoms with van der Waals surface area (Å²) in [4.78, 5) is 11.8. The van der Waals surface area contributed by atoms with Crippen LogP contribution >= 0.6 is 0 Å². The molecule has 0 spiro atoms. The topological polar surface area (TPSA) is 56.0 Å². The molecule has 0 aliphatic heterocycles. The van der Waals surface area contributed by atoms with E-state index in [1.54, 1.807) is 19.2 Å². The highest BCUT2D eigenvalue weighted by atomic mass is 16.5. The van der Waals surface area contributed by atoms with Crippen LogP contribution in [0.2, 0.25) is 0 Å². The van der Waals surface area contributed by atoms with Crippen LogP contribution in [-0.4, -0.2) is 13.2 Å². The van der Waals surface area contributed by atoms with E-state index >= 15 is 0 Å². The lowest BCUT2D eigenvalue weighted by atomic mass is 10.1. The van der Waals surface area contributed by atoms with Gasteiger partial charge in [0.15, 0.2) is 0 Å². The zero-order valence-electron chi connectivity index (χ0n) is 14.7. The summed E-state index contributed by atoms with van der Waals surface area (Å²) in [5, 5.41) is 3.24. The molecule has 2 N–H and O–H groups in total. The van der Waals surface area contributed by atoms with Gasteiger partial charge in [0, 0.05) is 29.5 Å². The van der Waals surface area contributed by atoms with Crippen molar-refractivity contribution in [2.75, 3.05) is 7.11 Å². The number of rotatable bonds is 7. The molecule has 0 aliphatic rings. The highest BCUT2D eigenvalue weighted by Gasteiger charge is 2.11. The van der Waals surface area contributed by atoms with Crippen molar-refractivity contribution in [3.05, 3.63) is 76.1 Å². The molecule has 0 saturated carbocycles. The summed E-state index contributed by atoms with van der Waals surface area (Å²) in [6.07, 6.45) is 2.16. The fraction of sp³-hybridized carbons (Fsp3) is 0.286. The predicted octanol–water partition coefficient (Wildman–Crippen LogP) is 2.89. The SMILES string of the molecule is COc1ccc2c(C[NH2+][C@@H](C)CCc3ccccc3)cc(=O)oc2c1. The lowest BCUT2D eigenvalue weighted by molar-refractivity contribution is -0.701. The largest absolute Gasteiger partial charge is 0.497 e. The van der Waals surface area contributed by atoms with Gasteiger partial charge in [-0.15, -0.1) is 0 Å². The molecule has 0 radical (unpaired) electrons. The number of benzene rings is 2. The van der Waals surface area contributed by atoms with Gasteiger partial charge in [-0.3, -0.25) is 0 Å². The van der Waals surface area contributed by atoms with Crippen LogP contribution in [-0.2, 0) is 13.0 Å². The number of nitrogens with two attached hydrogens (primary N) is 1. The van der Waals surface area contributed by atoms with Crippen molar-refractivity contribution in [2.45, 2.75) is 32.4 Å². The van der Waals surface area contributed by atoms with Gasteiger partial charge in [0.2, 0.25) is 0 Å². The number of methoxy groups -OCH3 is 1. The van der Waals surface area contributed by atoms with Crippen LogP contribution in [0.4, 0.5) is 0 Å². The number of ether oxygens (including phenoxy) is 1. The highest BCUT2D eigenvalue weighted by molar-refractivity contribution is 5.81. The van der Waals surface area contributed by atoms with E-state index < -0.39 is 0 Å². The predicted molar refractivity (Wildman–Crippen MR) is 98.9 cm³/mol. The molecule has 3 rings (SSSR count). The summed E-state index contributed by atoms with van der Waals surface area (Å²) in [6.45, 7) is 2.98. The standard InChI is InChI=1S/C21H23NO3/c1-15(8-9-16-6-4-3-5-7-16)22-14-17-12-21(23)25-20-13-18(24-2)10-11-19(17)20/h3-7,10-13,15,22H,8-9,14H2,1-2H3/p+1/t15-/m0/s1. The smallest absolute Gasteiger partial charge is 0.336 e. The molecule has 0 bridgehead atoms. The molecule has 4 nitrogen and oxygen atoms in total. The van der Waals surface area contributed by atoms with E-state index in [9.17, 15) is 4.79 Å². The quantitative estimate of drug-likeness (QED) is 0.674. The molecule has 4 heteroatoms. The molecule has 2 aromatic carbocycles. The summed E-state index contributed by atoms with van der Waals surface area (Å²) in [5.74, 6) is 0.688. The van der Waals surface area contributed by atoms with Gasteiger partial charge in [-0.25, -0.2) is 4.79 Å². The first-order valence-electron chi connectivity index (χ1n) is 8.64. The Hall–Kier alpha value is -2.59. The monoisotopic (exact) mass is 338 g/mol. The van der Waals surface area contributed by atoms with Gasteiger partial charge in [-0.1, -0.05) is 30.3 Å². The molecule has 0 unspecified atom stereocenters. The maximum atomic E-state index is 11.8. The van der Waals surface area contributed by atoms with Crippen molar-refractivity contribution in [1.29, 1.82) is 0 Å². The zero-order chi connectivity index (χ0) is 17.6. The normalized spacial score (nSPS) is 12.2. The van der Waals surface area contributed by atoms with E-state index in [1.807, 2.05) is 18.2 Å². The Bertz CT molecular complexity index is 887. The fourth-order valence-corrected chi connectivity index (χ4v) is 2.99. The molecular formula is C21H24NO3+. The summed E-state index contributed by atoms with van der Waals surface area (Å²) in [5.41, 5.74) is 2.62. The van der Waals surface area contributed by atoms with Crippen LogP contribution in [0, 0.1) is 0 Å². The first kappa shape index (κ1) is 17.2. The lowest BCUT2D eigenvalue weighted by Gasteiger charge is -2.12. The van der Waals surface area contributed by atoms with Crippen molar-refractivity contribution in [2.24, 2.45) is 0 Å². The minimum atomic E-state index is -0.318. The van der Waals surface area contributed by atoms with Gasteiger partial charge < -0.3 is 14.5 Å². The Morgan fingerprint density at radius 3 is 2.68 bits per heavy atom. The molecule has 1 heterocycles. The summed E-state index contributed by atoms with van der Waals surface area (Å²) in [7, 11) is 1.60. The van der Waals surface area contributed by atoms with Crippen molar-refractivity contribution < 1.29 is 14.5 Å². The van der Waals surface area contributed by atoms with E-state index in [1.165, 1.54) is 5.56 Å². The maximum absolute atomic E-state index is 11.8. The van der Waals surface area contributed by atoms with E-state index in [-0.39, 0.29) is 5.63 Å². The van der Waals surface area contributed by atoms with Crippen LogP contribution < -0.4 is 15.7 Å². The summed E-state index contributed by atoms with van der Waals surface area (Å²) in [6, 6.07) is 18.2. The Morgan fingerprint density at radius 2 is 1.92 bits per heavy atom. The van der Waals surface area contributed by atoms with Gasteiger partial charge in [-0.2, -0.15) is 0 Å². The van der Waals surface area contributed by atoms with E-state index in [0.717, 1.165) is 30.3 Å². The molecular weight excluding hydrogens is 314 g/mol. The van der Waals surface area contributed by atoms with E-state index in [2.05, 4.69) is 36.5 Å². The second-order valence-corrected chi connectivity index (χ2v) is 6.39. The number of hydrogen-bond acceptors (Lipinski definition) is 3. The van der Waals surface area contributed by atoms with Gasteiger partial charge in [-0.05, 0) is 31.0 Å². The third kappa shape index (κ3) is 4.48. The zero-order valence-corrected chi connectivity index (χ0v) is 14.7. The molecule has 1 atom stereocenters. The molecule has 3 aromatic rings. The first-order chi connectivity index (χ1) is 12.2. The Kier molecular flexibility index (Phi) is 5.51. The Morgan fingerprint density at radius 1 is 1.12 bits per heavy atom. The van der Waals surface area contributed by atoms with Crippen LogP contribution in [0.3, 0.4) is 0 Å². The van der Waals surface area contributed by atoms with Crippen molar-refractivity contribution in [1.82, 2.24) is 0 Å². The number of hydrogen-bond donors (Lipinski definition) is 1. The number of fused-ring (bicyclic) bond motifs is 1. The first-order valence-corrected chi connectivity index (χ1v) is 8.64. The molecule has 0 aliphatic carbocycles. The van der Waals surface area contributed by atoms with Crippen molar-refractivity contribution in [3.8, 4) is 5.75 Å². The summed E-state index contributed by atoms with van der Waals surface area (Å²) >= 11 is 0. The Balaban J connectivity index is 1.67. The fourth-order valence-electron chi connectivity index (χ4n) is 2.99. The van der Waals surface area contributed by atoms with Crippen LogP contribution in [0.25, 0.3) is 11.0 Å². The number of quaternary nitrogens is 1. The average molecular weight is 338 g/mol. The number of aryl methyl sites for hydroxylation is 1. The molecule has 0 saturated heterocycles. The van der Waals surface area contributed by atoms with Gasteiger partial charge in [0.05, 0.1) is 13.2 Å².